The Bertz CT molecular complexity index is 240. The summed E-state index contributed by atoms with van der Waals surface area (Å²) in [7, 11) is 0. The third-order valence-electron chi connectivity index (χ3n) is 2.55. The van der Waals surface area contributed by atoms with Gasteiger partial charge in [-0.1, -0.05) is 0 Å². The van der Waals surface area contributed by atoms with E-state index >= 15 is 0 Å². The first kappa shape index (κ1) is 14.2. The van der Waals surface area contributed by atoms with Gasteiger partial charge in [-0.25, -0.2) is 0 Å². The molecule has 100 valence electrons. The van der Waals surface area contributed by atoms with Crippen molar-refractivity contribution in [1.29, 1.82) is 0 Å². The van der Waals surface area contributed by atoms with Crippen LogP contribution < -0.4 is 10.6 Å². The second-order valence-electron chi connectivity index (χ2n) is 4.09. The highest BCUT2D eigenvalue weighted by Crippen LogP contribution is 2.12. The van der Waals surface area contributed by atoms with Crippen molar-refractivity contribution in [3.05, 3.63) is 0 Å². The van der Waals surface area contributed by atoms with Gasteiger partial charge in [-0.2, -0.15) is 13.2 Å². The van der Waals surface area contributed by atoms with Crippen molar-refractivity contribution in [2.75, 3.05) is 32.8 Å². The van der Waals surface area contributed by atoms with E-state index < -0.39 is 18.6 Å². The molecule has 0 spiro atoms. The van der Waals surface area contributed by atoms with Crippen LogP contribution in [0.25, 0.3) is 0 Å². The van der Waals surface area contributed by atoms with Crippen molar-refractivity contribution in [2.45, 2.75) is 19.0 Å². The number of halogens is 3. The van der Waals surface area contributed by atoms with E-state index in [0.717, 1.165) is 25.9 Å². The van der Waals surface area contributed by atoms with Gasteiger partial charge in [0.25, 0.3) is 0 Å². The molecule has 2 N–H and O–H groups in total. The van der Waals surface area contributed by atoms with Gasteiger partial charge in [0.05, 0.1) is 0 Å². The molecule has 17 heavy (non-hydrogen) atoms. The van der Waals surface area contributed by atoms with Gasteiger partial charge in [0.15, 0.2) is 0 Å². The maximum atomic E-state index is 11.7. The topological polar surface area (TPSA) is 50.4 Å². The van der Waals surface area contributed by atoms with E-state index in [9.17, 15) is 18.0 Å². The molecule has 0 bridgehead atoms. The standard InChI is InChI=1S/C10H17F3N2O2/c11-10(12,13)7-15-9(16)6-17-4-2-8-1-3-14-5-8/h8,14H,1-7H2,(H,15,16). The number of alkyl halides is 3. The Balaban J connectivity index is 1.96. The lowest BCUT2D eigenvalue weighted by molar-refractivity contribution is -0.141. The largest absolute Gasteiger partial charge is 0.405 e. The fraction of sp³-hybridized carbons (Fsp3) is 0.900. The molecule has 1 atom stereocenters. The summed E-state index contributed by atoms with van der Waals surface area (Å²) in [5, 5.41) is 4.95. The number of amides is 1. The SMILES string of the molecule is O=C(COCCC1CCNC1)NCC(F)(F)F. The molecular formula is C10H17F3N2O2. The van der Waals surface area contributed by atoms with Crippen molar-refractivity contribution in [3.63, 3.8) is 0 Å². The fourth-order valence-corrected chi connectivity index (χ4v) is 1.63. The lowest BCUT2D eigenvalue weighted by Gasteiger charge is -2.10. The number of carbonyl (C=O) groups excluding carboxylic acids is 1. The van der Waals surface area contributed by atoms with Crippen molar-refractivity contribution >= 4 is 5.91 Å². The molecule has 0 saturated carbocycles. The van der Waals surface area contributed by atoms with Crippen LogP contribution in [0.15, 0.2) is 0 Å². The third-order valence-corrected chi connectivity index (χ3v) is 2.55. The van der Waals surface area contributed by atoms with Crippen LogP contribution in [0.3, 0.4) is 0 Å². The van der Waals surface area contributed by atoms with Gasteiger partial charge < -0.3 is 15.4 Å². The van der Waals surface area contributed by atoms with Crippen LogP contribution in [0.1, 0.15) is 12.8 Å². The van der Waals surface area contributed by atoms with E-state index in [-0.39, 0.29) is 6.61 Å². The van der Waals surface area contributed by atoms with Crippen molar-refractivity contribution in [2.24, 2.45) is 5.92 Å². The summed E-state index contributed by atoms with van der Waals surface area (Å²) >= 11 is 0. The number of hydrogen-bond donors (Lipinski definition) is 2. The van der Waals surface area contributed by atoms with Crippen LogP contribution in [-0.2, 0) is 9.53 Å². The Morgan fingerprint density at radius 1 is 1.47 bits per heavy atom. The second-order valence-corrected chi connectivity index (χ2v) is 4.09. The lowest BCUT2D eigenvalue weighted by atomic mass is 10.1. The molecule has 1 aliphatic heterocycles. The van der Waals surface area contributed by atoms with E-state index in [1.165, 1.54) is 0 Å². The van der Waals surface area contributed by atoms with Crippen LogP contribution in [0.5, 0.6) is 0 Å². The predicted octanol–water partition coefficient (Wildman–Crippen LogP) is 0.681. The lowest BCUT2D eigenvalue weighted by Crippen LogP contribution is -2.36. The molecule has 0 aromatic heterocycles. The average Bonchev–Trinajstić information content (AvgIpc) is 2.73. The molecule has 0 aromatic rings. The Hall–Kier alpha value is -0.820. The molecule has 0 radical (unpaired) electrons. The van der Waals surface area contributed by atoms with E-state index in [1.54, 1.807) is 5.32 Å². The summed E-state index contributed by atoms with van der Waals surface area (Å²) in [5.41, 5.74) is 0. The normalized spacial score (nSPS) is 20.5. The maximum absolute atomic E-state index is 11.7. The minimum absolute atomic E-state index is 0.309. The molecule has 1 heterocycles. The number of ether oxygens (including phenoxy) is 1. The van der Waals surface area contributed by atoms with Crippen molar-refractivity contribution in [1.82, 2.24) is 10.6 Å². The Morgan fingerprint density at radius 3 is 2.82 bits per heavy atom. The highest BCUT2D eigenvalue weighted by molar-refractivity contribution is 5.77. The van der Waals surface area contributed by atoms with Crippen molar-refractivity contribution < 1.29 is 22.7 Å². The highest BCUT2D eigenvalue weighted by atomic mass is 19.4. The van der Waals surface area contributed by atoms with Gasteiger partial charge >= 0.3 is 6.18 Å². The molecule has 1 saturated heterocycles. The first-order valence-corrected chi connectivity index (χ1v) is 5.59. The number of nitrogens with one attached hydrogen (secondary N) is 2. The Kier molecular flexibility index (Phi) is 5.70. The van der Waals surface area contributed by atoms with E-state index in [1.807, 2.05) is 0 Å². The summed E-state index contributed by atoms with van der Waals surface area (Å²) in [6, 6.07) is 0. The zero-order valence-corrected chi connectivity index (χ0v) is 9.48. The summed E-state index contributed by atoms with van der Waals surface area (Å²) in [4.78, 5) is 10.9. The fourth-order valence-electron chi connectivity index (χ4n) is 1.63. The summed E-state index contributed by atoms with van der Waals surface area (Å²) < 4.78 is 40.3. The first-order chi connectivity index (χ1) is 7.97. The summed E-state index contributed by atoms with van der Waals surface area (Å²) in [5.74, 6) is -0.180. The van der Waals surface area contributed by atoms with Gasteiger partial charge in [-0.05, 0) is 31.8 Å². The minimum atomic E-state index is -4.37. The van der Waals surface area contributed by atoms with Gasteiger partial charge in [-0.15, -0.1) is 0 Å². The Labute approximate surface area is 97.9 Å². The molecule has 1 fully saturated rings. The molecule has 1 rings (SSSR count). The summed E-state index contributed by atoms with van der Waals surface area (Å²) in [6.45, 7) is 0.740. The average molecular weight is 254 g/mol. The maximum Gasteiger partial charge on any atom is 0.405 e. The van der Waals surface area contributed by atoms with Gasteiger partial charge in [0.2, 0.25) is 5.91 Å². The van der Waals surface area contributed by atoms with Gasteiger partial charge in [0, 0.05) is 6.61 Å². The van der Waals surface area contributed by atoms with Crippen LogP contribution in [0.4, 0.5) is 13.2 Å². The van der Waals surface area contributed by atoms with Crippen LogP contribution in [0.2, 0.25) is 0 Å². The van der Waals surface area contributed by atoms with Gasteiger partial charge in [0.1, 0.15) is 13.2 Å². The zero-order valence-electron chi connectivity index (χ0n) is 9.48. The monoisotopic (exact) mass is 254 g/mol. The Morgan fingerprint density at radius 2 is 2.24 bits per heavy atom. The minimum Gasteiger partial charge on any atom is -0.372 e. The van der Waals surface area contributed by atoms with E-state index in [2.05, 4.69) is 5.32 Å². The molecule has 7 heteroatoms. The van der Waals surface area contributed by atoms with Crippen LogP contribution >= 0.6 is 0 Å². The van der Waals surface area contributed by atoms with Gasteiger partial charge in [-0.3, -0.25) is 4.79 Å². The molecule has 4 nitrogen and oxygen atoms in total. The molecule has 1 unspecified atom stereocenters. The van der Waals surface area contributed by atoms with E-state index in [0.29, 0.717) is 12.5 Å². The molecular weight excluding hydrogens is 237 g/mol. The number of hydrogen-bond acceptors (Lipinski definition) is 3. The predicted molar refractivity (Wildman–Crippen MR) is 55.5 cm³/mol. The zero-order chi connectivity index (χ0) is 12.7. The molecule has 1 amide bonds. The van der Waals surface area contributed by atoms with Crippen LogP contribution in [-0.4, -0.2) is 44.9 Å². The highest BCUT2D eigenvalue weighted by Gasteiger charge is 2.27. The third kappa shape index (κ3) is 7.17. The number of carbonyl (C=O) groups is 1. The van der Waals surface area contributed by atoms with Crippen molar-refractivity contribution in [3.8, 4) is 0 Å². The van der Waals surface area contributed by atoms with E-state index in [4.69, 9.17) is 4.74 Å². The van der Waals surface area contributed by atoms with Crippen LogP contribution in [0, 0.1) is 5.92 Å². The quantitative estimate of drug-likeness (QED) is 0.685. The molecule has 0 aromatic carbocycles. The summed E-state index contributed by atoms with van der Waals surface area (Å²) in [6.07, 6.45) is -2.45. The first-order valence-electron chi connectivity index (χ1n) is 5.59. The molecule has 1 aliphatic rings. The second kappa shape index (κ2) is 6.80. The molecule has 0 aliphatic carbocycles. The number of rotatable bonds is 6. The smallest absolute Gasteiger partial charge is 0.372 e.